The predicted molar refractivity (Wildman–Crippen MR) is 97.2 cm³/mol. The lowest BCUT2D eigenvalue weighted by atomic mass is 9.95. The van der Waals surface area contributed by atoms with Gasteiger partial charge in [0.05, 0.1) is 11.6 Å². The first-order valence-corrected chi connectivity index (χ1v) is 8.07. The van der Waals surface area contributed by atoms with Gasteiger partial charge in [0.2, 0.25) is 5.91 Å². The number of benzene rings is 2. The minimum atomic E-state index is -0.291. The van der Waals surface area contributed by atoms with Crippen LogP contribution in [0.2, 0.25) is 0 Å². The number of fused-ring (bicyclic) bond motifs is 1. The van der Waals surface area contributed by atoms with Gasteiger partial charge in [-0.3, -0.25) is 4.79 Å². The molecule has 0 bridgehead atoms. The summed E-state index contributed by atoms with van der Waals surface area (Å²) in [6.07, 6.45) is 1.33. The Labute approximate surface area is 148 Å². The number of anilines is 1. The molecule has 2 aromatic carbocycles. The molecule has 0 spiro atoms. The SMILES string of the molecule is CCC(C(=O)Nc1ccc2c(c1F)CCNC2)c1ccccc1.Cl. The molecule has 5 heteroatoms. The van der Waals surface area contributed by atoms with Crippen molar-refractivity contribution in [3.63, 3.8) is 0 Å². The Morgan fingerprint density at radius 2 is 2.00 bits per heavy atom. The number of hydrogen-bond donors (Lipinski definition) is 2. The highest BCUT2D eigenvalue weighted by Gasteiger charge is 2.22. The van der Waals surface area contributed by atoms with Gasteiger partial charge in [0.15, 0.2) is 0 Å². The average molecular weight is 349 g/mol. The molecule has 1 atom stereocenters. The Hall–Kier alpha value is -1.91. The number of amides is 1. The molecule has 1 amide bonds. The molecular formula is C19H22ClFN2O. The van der Waals surface area contributed by atoms with Crippen molar-refractivity contribution in [3.05, 3.63) is 65.0 Å². The van der Waals surface area contributed by atoms with E-state index < -0.39 is 0 Å². The Balaban J connectivity index is 0.00000208. The fourth-order valence-electron chi connectivity index (χ4n) is 3.11. The monoisotopic (exact) mass is 348 g/mol. The first-order valence-electron chi connectivity index (χ1n) is 8.07. The molecule has 0 fully saturated rings. The van der Waals surface area contributed by atoms with E-state index in [0.29, 0.717) is 24.9 Å². The maximum Gasteiger partial charge on any atom is 0.231 e. The van der Waals surface area contributed by atoms with Crippen LogP contribution < -0.4 is 10.6 Å². The Bertz CT molecular complexity index is 706. The molecule has 128 valence electrons. The number of carbonyl (C=O) groups excluding carboxylic acids is 1. The van der Waals surface area contributed by atoms with Gasteiger partial charge in [0.1, 0.15) is 5.82 Å². The summed E-state index contributed by atoms with van der Waals surface area (Å²) in [7, 11) is 0. The maximum atomic E-state index is 14.6. The second-order valence-corrected chi connectivity index (χ2v) is 5.85. The second kappa shape index (κ2) is 8.27. The lowest BCUT2D eigenvalue weighted by Crippen LogP contribution is -2.26. The maximum absolute atomic E-state index is 14.6. The summed E-state index contributed by atoms with van der Waals surface area (Å²) in [6, 6.07) is 13.2. The van der Waals surface area contributed by atoms with Crippen LogP contribution in [0.25, 0.3) is 0 Å². The standard InChI is InChI=1S/C19H21FN2O.ClH/c1-2-15(13-6-4-3-5-7-13)19(23)22-17-9-8-14-12-21-11-10-16(14)18(17)20;/h3-9,15,21H,2,10-12H2,1H3,(H,22,23);1H. The van der Waals surface area contributed by atoms with Gasteiger partial charge in [0.25, 0.3) is 0 Å². The van der Waals surface area contributed by atoms with Crippen LogP contribution in [-0.4, -0.2) is 12.5 Å². The third kappa shape index (κ3) is 3.77. The molecule has 0 saturated heterocycles. The van der Waals surface area contributed by atoms with E-state index in [9.17, 15) is 9.18 Å². The average Bonchev–Trinajstić information content (AvgIpc) is 2.59. The minimum absolute atomic E-state index is 0. The van der Waals surface area contributed by atoms with Crippen LogP contribution in [0.1, 0.15) is 36.0 Å². The summed E-state index contributed by atoms with van der Waals surface area (Å²) in [4.78, 5) is 12.6. The molecule has 2 N–H and O–H groups in total. The molecule has 3 nitrogen and oxygen atoms in total. The Kier molecular flexibility index (Phi) is 6.35. The molecule has 0 aromatic heterocycles. The lowest BCUT2D eigenvalue weighted by molar-refractivity contribution is -0.117. The number of hydrogen-bond acceptors (Lipinski definition) is 2. The van der Waals surface area contributed by atoms with Gasteiger partial charge < -0.3 is 10.6 Å². The molecule has 0 radical (unpaired) electrons. The Morgan fingerprint density at radius 3 is 2.71 bits per heavy atom. The van der Waals surface area contributed by atoms with Gasteiger partial charge in [-0.1, -0.05) is 43.3 Å². The van der Waals surface area contributed by atoms with E-state index in [-0.39, 0.29) is 35.7 Å². The van der Waals surface area contributed by atoms with Crippen LogP contribution in [0.5, 0.6) is 0 Å². The Morgan fingerprint density at radius 1 is 1.25 bits per heavy atom. The van der Waals surface area contributed by atoms with Gasteiger partial charge in [-0.15, -0.1) is 12.4 Å². The zero-order valence-corrected chi connectivity index (χ0v) is 14.5. The molecule has 0 aliphatic carbocycles. The summed E-state index contributed by atoms with van der Waals surface area (Å²) in [6.45, 7) is 3.41. The van der Waals surface area contributed by atoms with Crippen molar-refractivity contribution in [1.29, 1.82) is 0 Å². The summed E-state index contributed by atoms with van der Waals surface area (Å²) in [5.41, 5.74) is 2.93. The van der Waals surface area contributed by atoms with Crippen molar-refractivity contribution in [2.75, 3.05) is 11.9 Å². The number of carbonyl (C=O) groups is 1. The fraction of sp³-hybridized carbons (Fsp3) is 0.316. The molecule has 3 rings (SSSR count). The summed E-state index contributed by atoms with van der Waals surface area (Å²) < 4.78 is 14.6. The van der Waals surface area contributed by atoms with E-state index in [0.717, 1.165) is 17.7 Å². The van der Waals surface area contributed by atoms with Crippen LogP contribution in [0.15, 0.2) is 42.5 Å². The van der Waals surface area contributed by atoms with E-state index in [1.807, 2.05) is 43.3 Å². The second-order valence-electron chi connectivity index (χ2n) is 5.85. The molecule has 2 aromatic rings. The lowest BCUT2D eigenvalue weighted by Gasteiger charge is -2.21. The van der Waals surface area contributed by atoms with Crippen LogP contribution in [0.4, 0.5) is 10.1 Å². The highest BCUT2D eigenvalue weighted by Crippen LogP contribution is 2.27. The summed E-state index contributed by atoms with van der Waals surface area (Å²) in [5, 5.41) is 6.00. The van der Waals surface area contributed by atoms with Crippen LogP contribution in [0, 0.1) is 5.82 Å². The van der Waals surface area contributed by atoms with E-state index in [4.69, 9.17) is 0 Å². The predicted octanol–water partition coefficient (Wildman–Crippen LogP) is 4.03. The van der Waals surface area contributed by atoms with Gasteiger partial charge in [-0.2, -0.15) is 0 Å². The van der Waals surface area contributed by atoms with Crippen molar-refractivity contribution in [3.8, 4) is 0 Å². The summed E-state index contributed by atoms with van der Waals surface area (Å²) in [5.74, 6) is -0.722. The van der Waals surface area contributed by atoms with E-state index in [1.165, 1.54) is 0 Å². The zero-order valence-electron chi connectivity index (χ0n) is 13.6. The zero-order chi connectivity index (χ0) is 16.2. The molecule has 24 heavy (non-hydrogen) atoms. The molecule has 1 heterocycles. The molecule has 1 unspecified atom stereocenters. The van der Waals surface area contributed by atoms with Gasteiger partial charge in [-0.25, -0.2) is 4.39 Å². The first kappa shape index (κ1) is 18.4. The van der Waals surface area contributed by atoms with Gasteiger partial charge in [0, 0.05) is 6.54 Å². The third-order valence-corrected chi connectivity index (χ3v) is 4.39. The number of halogens is 2. The van der Waals surface area contributed by atoms with E-state index in [1.54, 1.807) is 6.07 Å². The molecule has 0 saturated carbocycles. The van der Waals surface area contributed by atoms with Crippen molar-refractivity contribution >= 4 is 24.0 Å². The largest absolute Gasteiger partial charge is 0.323 e. The highest BCUT2D eigenvalue weighted by atomic mass is 35.5. The van der Waals surface area contributed by atoms with Crippen LogP contribution >= 0.6 is 12.4 Å². The van der Waals surface area contributed by atoms with Crippen molar-refractivity contribution < 1.29 is 9.18 Å². The topological polar surface area (TPSA) is 41.1 Å². The van der Waals surface area contributed by atoms with E-state index in [2.05, 4.69) is 10.6 Å². The van der Waals surface area contributed by atoms with Gasteiger partial charge in [-0.05, 0) is 42.1 Å². The first-order chi connectivity index (χ1) is 11.2. The van der Waals surface area contributed by atoms with Crippen LogP contribution in [-0.2, 0) is 17.8 Å². The minimum Gasteiger partial charge on any atom is -0.323 e. The van der Waals surface area contributed by atoms with E-state index >= 15 is 0 Å². The smallest absolute Gasteiger partial charge is 0.231 e. The highest BCUT2D eigenvalue weighted by molar-refractivity contribution is 5.96. The van der Waals surface area contributed by atoms with Crippen molar-refractivity contribution in [1.82, 2.24) is 5.32 Å². The quantitative estimate of drug-likeness (QED) is 0.876. The number of nitrogens with one attached hydrogen (secondary N) is 2. The third-order valence-electron chi connectivity index (χ3n) is 4.39. The fourth-order valence-corrected chi connectivity index (χ4v) is 3.11. The van der Waals surface area contributed by atoms with Crippen LogP contribution in [0.3, 0.4) is 0 Å². The molecule has 1 aliphatic heterocycles. The normalized spacial score (nSPS) is 14.2. The van der Waals surface area contributed by atoms with Crippen molar-refractivity contribution in [2.24, 2.45) is 0 Å². The molecule has 1 aliphatic rings. The summed E-state index contributed by atoms with van der Waals surface area (Å²) >= 11 is 0. The number of rotatable bonds is 4. The molecular weight excluding hydrogens is 327 g/mol. The van der Waals surface area contributed by atoms with Gasteiger partial charge >= 0.3 is 0 Å². The van der Waals surface area contributed by atoms with Crippen molar-refractivity contribution in [2.45, 2.75) is 32.2 Å².